The average Bonchev–Trinajstić information content (AvgIpc) is 3.24. The van der Waals surface area contributed by atoms with Crippen LogP contribution in [-0.4, -0.2) is 20.4 Å². The van der Waals surface area contributed by atoms with Crippen molar-refractivity contribution in [1.29, 1.82) is 0 Å². The second-order valence-corrected chi connectivity index (χ2v) is 7.17. The zero-order chi connectivity index (χ0) is 20.4. The molecule has 2 heterocycles. The normalized spacial score (nSPS) is 14.2. The molecule has 1 aliphatic carbocycles. The van der Waals surface area contributed by atoms with Crippen LogP contribution >= 0.6 is 0 Å². The van der Waals surface area contributed by atoms with Crippen molar-refractivity contribution < 1.29 is 22.4 Å². The van der Waals surface area contributed by atoms with Crippen LogP contribution in [0.3, 0.4) is 0 Å². The van der Waals surface area contributed by atoms with Crippen LogP contribution in [0.5, 0.6) is 0 Å². The van der Waals surface area contributed by atoms with E-state index in [1.807, 2.05) is 0 Å². The first kappa shape index (κ1) is 19.3. The molecule has 1 aromatic carbocycles. The molecule has 0 atom stereocenters. The number of nitrogens with zero attached hydrogens (tertiary/aromatic N) is 3. The maximum Gasteiger partial charge on any atom is 0.416 e. The van der Waals surface area contributed by atoms with Crippen LogP contribution in [0.2, 0.25) is 0 Å². The number of hydrogen-bond donors (Lipinski definition) is 0. The van der Waals surface area contributed by atoms with Gasteiger partial charge in [-0.3, -0.25) is 4.79 Å². The fourth-order valence-corrected chi connectivity index (χ4v) is 3.32. The molecule has 0 aliphatic heterocycles. The van der Waals surface area contributed by atoms with Crippen LogP contribution in [0.25, 0.3) is 0 Å². The number of halogens is 3. The third-order valence-electron chi connectivity index (χ3n) is 4.96. The number of carbonyl (C=O) groups is 1. The van der Waals surface area contributed by atoms with Crippen molar-refractivity contribution in [2.45, 2.75) is 38.7 Å². The highest BCUT2D eigenvalue weighted by molar-refractivity contribution is 5.80. The van der Waals surface area contributed by atoms with Crippen LogP contribution in [0.4, 0.5) is 13.2 Å². The summed E-state index contributed by atoms with van der Waals surface area (Å²) in [6.45, 7) is 0.531. The van der Waals surface area contributed by atoms with Gasteiger partial charge in [-0.1, -0.05) is 18.2 Å². The van der Waals surface area contributed by atoms with Crippen molar-refractivity contribution in [1.82, 2.24) is 14.5 Å². The zero-order valence-electron chi connectivity index (χ0n) is 15.6. The molecule has 1 saturated carbocycles. The van der Waals surface area contributed by atoms with Crippen LogP contribution in [-0.2, 0) is 30.6 Å². The Bertz CT molecular complexity index is 975. The van der Waals surface area contributed by atoms with Gasteiger partial charge in [-0.25, -0.2) is 4.98 Å². The number of hydrogen-bond acceptors (Lipinski definition) is 3. The first-order chi connectivity index (χ1) is 13.9. The van der Waals surface area contributed by atoms with E-state index in [4.69, 9.17) is 4.42 Å². The molecule has 8 heteroatoms. The molecule has 0 saturated heterocycles. The summed E-state index contributed by atoms with van der Waals surface area (Å²) in [4.78, 5) is 18.7. The highest BCUT2D eigenvalue weighted by Crippen LogP contribution is 2.33. The lowest BCUT2D eigenvalue weighted by Gasteiger charge is -2.22. The van der Waals surface area contributed by atoms with E-state index < -0.39 is 11.7 Å². The van der Waals surface area contributed by atoms with Gasteiger partial charge >= 0.3 is 6.18 Å². The zero-order valence-corrected chi connectivity index (χ0v) is 15.6. The SMILES string of the molecule is O=C(C1CC1)N(Cc1ccco1)Cc1nccn1Cc1ccccc1C(F)(F)F. The van der Waals surface area contributed by atoms with Crippen molar-refractivity contribution in [3.63, 3.8) is 0 Å². The standard InChI is InChI=1S/C21H20F3N3O2/c22-21(23,24)18-6-2-1-4-16(18)12-26-10-9-25-19(26)14-27(20(28)15-7-8-15)13-17-5-3-11-29-17/h1-6,9-11,15H,7-8,12-14H2. The summed E-state index contributed by atoms with van der Waals surface area (Å²) in [7, 11) is 0. The molecular formula is C21H20F3N3O2. The van der Waals surface area contributed by atoms with Gasteiger partial charge in [0.15, 0.2) is 0 Å². The third-order valence-corrected chi connectivity index (χ3v) is 4.96. The molecule has 4 rings (SSSR count). The maximum absolute atomic E-state index is 13.3. The van der Waals surface area contributed by atoms with E-state index in [1.165, 1.54) is 18.3 Å². The summed E-state index contributed by atoms with van der Waals surface area (Å²) >= 11 is 0. The average molecular weight is 403 g/mol. The Morgan fingerprint density at radius 1 is 1.17 bits per heavy atom. The highest BCUT2D eigenvalue weighted by atomic mass is 19.4. The van der Waals surface area contributed by atoms with E-state index in [9.17, 15) is 18.0 Å². The van der Waals surface area contributed by atoms with Crippen molar-refractivity contribution >= 4 is 5.91 Å². The summed E-state index contributed by atoms with van der Waals surface area (Å²) in [5.74, 6) is 1.22. The number of benzene rings is 1. The molecule has 0 spiro atoms. The number of imidazole rings is 1. The molecule has 5 nitrogen and oxygen atoms in total. The van der Waals surface area contributed by atoms with E-state index >= 15 is 0 Å². The van der Waals surface area contributed by atoms with Gasteiger partial charge < -0.3 is 13.9 Å². The summed E-state index contributed by atoms with van der Waals surface area (Å²) < 4.78 is 47.0. The minimum absolute atomic E-state index is 0.0133. The van der Waals surface area contributed by atoms with Crippen molar-refractivity contribution in [2.75, 3.05) is 0 Å². The topological polar surface area (TPSA) is 51.3 Å². The van der Waals surface area contributed by atoms with E-state index in [2.05, 4.69) is 4.98 Å². The van der Waals surface area contributed by atoms with Gasteiger partial charge in [-0.05, 0) is 36.6 Å². The Morgan fingerprint density at radius 2 is 1.97 bits per heavy atom. The third kappa shape index (κ3) is 4.52. The Hall–Kier alpha value is -3.03. The number of aromatic nitrogens is 2. The fraction of sp³-hybridized carbons (Fsp3) is 0.333. The van der Waals surface area contributed by atoms with E-state index in [-0.39, 0.29) is 30.5 Å². The predicted octanol–water partition coefficient (Wildman–Crippen LogP) is 4.48. The number of amides is 1. The molecule has 0 N–H and O–H groups in total. The molecule has 29 heavy (non-hydrogen) atoms. The van der Waals surface area contributed by atoms with Crippen molar-refractivity contribution in [2.24, 2.45) is 5.92 Å². The van der Waals surface area contributed by atoms with Crippen molar-refractivity contribution in [3.8, 4) is 0 Å². The Balaban J connectivity index is 1.56. The van der Waals surface area contributed by atoms with Gasteiger partial charge in [0, 0.05) is 24.9 Å². The smallest absolute Gasteiger partial charge is 0.416 e. The van der Waals surface area contributed by atoms with Gasteiger partial charge in [-0.15, -0.1) is 0 Å². The van der Waals surface area contributed by atoms with Crippen LogP contribution < -0.4 is 0 Å². The second kappa shape index (κ2) is 7.77. The van der Waals surface area contributed by atoms with E-state index in [1.54, 1.807) is 40.1 Å². The molecule has 0 bridgehead atoms. The van der Waals surface area contributed by atoms with Gasteiger partial charge in [0.1, 0.15) is 11.6 Å². The summed E-state index contributed by atoms with van der Waals surface area (Å²) in [6.07, 6.45) is 2.02. The fourth-order valence-electron chi connectivity index (χ4n) is 3.32. The van der Waals surface area contributed by atoms with Gasteiger partial charge in [0.05, 0.1) is 24.9 Å². The molecule has 0 radical (unpaired) electrons. The van der Waals surface area contributed by atoms with E-state index in [0.29, 0.717) is 18.1 Å². The lowest BCUT2D eigenvalue weighted by atomic mass is 10.1. The molecular weight excluding hydrogens is 383 g/mol. The Morgan fingerprint density at radius 3 is 2.66 bits per heavy atom. The first-order valence-corrected chi connectivity index (χ1v) is 9.38. The van der Waals surface area contributed by atoms with Crippen LogP contribution in [0, 0.1) is 5.92 Å². The molecule has 3 aromatic rings. The predicted molar refractivity (Wildman–Crippen MR) is 98.5 cm³/mol. The second-order valence-electron chi connectivity index (χ2n) is 7.17. The van der Waals surface area contributed by atoms with Gasteiger partial charge in [-0.2, -0.15) is 13.2 Å². The first-order valence-electron chi connectivity index (χ1n) is 9.38. The molecule has 1 amide bonds. The summed E-state index contributed by atoms with van der Waals surface area (Å²) in [6, 6.07) is 9.04. The Kier molecular flexibility index (Phi) is 5.17. The molecule has 152 valence electrons. The largest absolute Gasteiger partial charge is 0.467 e. The van der Waals surface area contributed by atoms with Gasteiger partial charge in [0.25, 0.3) is 0 Å². The Labute approximate surface area is 165 Å². The maximum atomic E-state index is 13.3. The monoisotopic (exact) mass is 403 g/mol. The summed E-state index contributed by atoms with van der Waals surface area (Å²) in [5, 5.41) is 0. The van der Waals surface area contributed by atoms with Gasteiger partial charge in [0.2, 0.25) is 5.91 Å². The number of furan rings is 1. The van der Waals surface area contributed by atoms with Crippen LogP contribution in [0.15, 0.2) is 59.5 Å². The minimum Gasteiger partial charge on any atom is -0.467 e. The quantitative estimate of drug-likeness (QED) is 0.584. The highest BCUT2D eigenvalue weighted by Gasteiger charge is 2.35. The summed E-state index contributed by atoms with van der Waals surface area (Å²) in [5.41, 5.74) is -0.508. The number of carbonyl (C=O) groups excluding carboxylic acids is 1. The lowest BCUT2D eigenvalue weighted by Crippen LogP contribution is -2.32. The minimum atomic E-state index is -4.43. The molecule has 1 aliphatic rings. The molecule has 0 unspecified atom stereocenters. The van der Waals surface area contributed by atoms with E-state index in [0.717, 1.165) is 18.9 Å². The lowest BCUT2D eigenvalue weighted by molar-refractivity contribution is -0.138. The molecule has 1 fully saturated rings. The van der Waals surface area contributed by atoms with Crippen molar-refractivity contribution in [3.05, 3.63) is 77.8 Å². The number of rotatable bonds is 7. The number of alkyl halides is 3. The molecule has 2 aromatic heterocycles. The van der Waals surface area contributed by atoms with Crippen LogP contribution in [0.1, 0.15) is 35.6 Å².